The van der Waals surface area contributed by atoms with E-state index < -0.39 is 0 Å². The van der Waals surface area contributed by atoms with Crippen molar-refractivity contribution in [2.75, 3.05) is 17.2 Å². The van der Waals surface area contributed by atoms with Gasteiger partial charge in [-0.15, -0.1) is 0 Å². The van der Waals surface area contributed by atoms with Gasteiger partial charge in [0, 0.05) is 17.9 Å². The smallest absolute Gasteiger partial charge is 0.231 e. The monoisotopic (exact) mass is 280 g/mol. The first-order valence-electron chi connectivity index (χ1n) is 7.42. The van der Waals surface area contributed by atoms with Gasteiger partial charge in [-0.3, -0.25) is 4.79 Å². The van der Waals surface area contributed by atoms with Crippen LogP contribution in [0.1, 0.15) is 18.4 Å². The zero-order chi connectivity index (χ0) is 14.7. The van der Waals surface area contributed by atoms with E-state index in [-0.39, 0.29) is 5.91 Å². The van der Waals surface area contributed by atoms with Crippen LogP contribution in [0.3, 0.4) is 0 Å². The summed E-state index contributed by atoms with van der Waals surface area (Å²) in [5, 5.41) is 0. The van der Waals surface area contributed by atoms with E-state index in [4.69, 9.17) is 5.73 Å². The Balaban J connectivity index is 1.75. The molecule has 0 spiro atoms. The van der Waals surface area contributed by atoms with Crippen molar-refractivity contribution in [1.82, 2.24) is 0 Å². The summed E-state index contributed by atoms with van der Waals surface area (Å²) in [6, 6.07) is 17.5. The van der Waals surface area contributed by atoms with Gasteiger partial charge in [0.2, 0.25) is 5.91 Å². The number of nitrogen functional groups attached to an aromatic ring is 1. The van der Waals surface area contributed by atoms with Crippen LogP contribution in [-0.2, 0) is 11.2 Å². The molecule has 0 heterocycles. The van der Waals surface area contributed by atoms with Crippen molar-refractivity contribution >= 4 is 17.3 Å². The van der Waals surface area contributed by atoms with Crippen molar-refractivity contribution < 1.29 is 4.79 Å². The summed E-state index contributed by atoms with van der Waals surface area (Å²) in [6.07, 6.45) is 2.89. The number of hydrogen-bond donors (Lipinski definition) is 1. The number of carbonyl (C=O) groups is 1. The highest BCUT2D eigenvalue weighted by Gasteiger charge is 2.27. The molecule has 108 valence electrons. The lowest BCUT2D eigenvalue weighted by Crippen LogP contribution is -2.34. The van der Waals surface area contributed by atoms with Gasteiger partial charge in [0.15, 0.2) is 0 Å². The van der Waals surface area contributed by atoms with Crippen LogP contribution < -0.4 is 10.6 Å². The highest BCUT2D eigenvalue weighted by molar-refractivity contribution is 5.94. The summed E-state index contributed by atoms with van der Waals surface area (Å²) in [4.78, 5) is 14.6. The maximum absolute atomic E-state index is 12.7. The van der Waals surface area contributed by atoms with Gasteiger partial charge in [-0.25, -0.2) is 0 Å². The molecule has 0 atom stereocenters. The Bertz CT molecular complexity index is 603. The molecule has 3 rings (SSSR count). The maximum atomic E-state index is 12.7. The molecule has 2 aromatic rings. The van der Waals surface area contributed by atoms with Crippen LogP contribution in [0, 0.1) is 5.92 Å². The van der Waals surface area contributed by atoms with E-state index in [1.807, 2.05) is 59.5 Å². The van der Waals surface area contributed by atoms with Gasteiger partial charge in [-0.1, -0.05) is 30.3 Å². The molecular weight excluding hydrogens is 260 g/mol. The average molecular weight is 280 g/mol. The van der Waals surface area contributed by atoms with Crippen LogP contribution >= 0.6 is 0 Å². The molecular formula is C18H20N2O. The number of carbonyl (C=O) groups excluding carboxylic acids is 1. The zero-order valence-electron chi connectivity index (χ0n) is 12.0. The minimum absolute atomic E-state index is 0.151. The van der Waals surface area contributed by atoms with E-state index in [9.17, 15) is 4.79 Å². The van der Waals surface area contributed by atoms with Crippen LogP contribution in [0.25, 0.3) is 0 Å². The van der Waals surface area contributed by atoms with Crippen LogP contribution in [0.4, 0.5) is 11.4 Å². The molecule has 3 nitrogen and oxygen atoms in total. The molecule has 21 heavy (non-hydrogen) atoms. The van der Waals surface area contributed by atoms with Gasteiger partial charge in [0.05, 0.1) is 6.42 Å². The van der Waals surface area contributed by atoms with Crippen molar-refractivity contribution in [3.63, 3.8) is 0 Å². The topological polar surface area (TPSA) is 46.3 Å². The van der Waals surface area contributed by atoms with E-state index in [0.717, 1.165) is 23.5 Å². The van der Waals surface area contributed by atoms with Gasteiger partial charge in [-0.2, -0.15) is 0 Å². The van der Waals surface area contributed by atoms with Gasteiger partial charge >= 0.3 is 0 Å². The Kier molecular flexibility index (Phi) is 3.91. The molecule has 3 heteroatoms. The summed E-state index contributed by atoms with van der Waals surface area (Å²) >= 11 is 0. The third-order valence-electron chi connectivity index (χ3n) is 3.84. The van der Waals surface area contributed by atoms with E-state index in [1.54, 1.807) is 0 Å². The normalized spacial score (nSPS) is 13.9. The molecule has 2 N–H and O–H groups in total. The third kappa shape index (κ3) is 3.63. The van der Waals surface area contributed by atoms with Crippen molar-refractivity contribution in [3.8, 4) is 0 Å². The van der Waals surface area contributed by atoms with Crippen LogP contribution in [-0.4, -0.2) is 12.5 Å². The minimum Gasteiger partial charge on any atom is -0.399 e. The van der Waals surface area contributed by atoms with Crippen LogP contribution in [0.15, 0.2) is 54.6 Å². The molecule has 1 amide bonds. The van der Waals surface area contributed by atoms with Crippen LogP contribution in [0.5, 0.6) is 0 Å². The van der Waals surface area contributed by atoms with Crippen molar-refractivity contribution in [2.24, 2.45) is 5.92 Å². The summed E-state index contributed by atoms with van der Waals surface area (Å²) in [5.41, 5.74) is 8.41. The number of para-hydroxylation sites is 1. The predicted octanol–water partition coefficient (Wildman–Crippen LogP) is 3.25. The Morgan fingerprint density at radius 1 is 1.05 bits per heavy atom. The first kappa shape index (κ1) is 13.7. The SMILES string of the molecule is Nc1ccc(CC(=O)N(CC2CC2)c2ccccc2)cc1. The van der Waals surface area contributed by atoms with Crippen molar-refractivity contribution in [2.45, 2.75) is 19.3 Å². The fourth-order valence-corrected chi connectivity index (χ4v) is 2.42. The number of nitrogens with zero attached hydrogens (tertiary/aromatic N) is 1. The number of hydrogen-bond acceptors (Lipinski definition) is 2. The van der Waals surface area contributed by atoms with E-state index in [0.29, 0.717) is 12.3 Å². The van der Waals surface area contributed by atoms with Gasteiger partial charge in [0.1, 0.15) is 0 Å². The molecule has 0 aliphatic heterocycles. The quantitative estimate of drug-likeness (QED) is 0.855. The van der Waals surface area contributed by atoms with Gasteiger partial charge in [0.25, 0.3) is 0 Å². The number of rotatable bonds is 5. The maximum Gasteiger partial charge on any atom is 0.231 e. The highest BCUT2D eigenvalue weighted by Crippen LogP contribution is 2.31. The first-order valence-corrected chi connectivity index (χ1v) is 7.42. The Hall–Kier alpha value is -2.29. The summed E-state index contributed by atoms with van der Waals surface area (Å²) in [7, 11) is 0. The standard InChI is InChI=1S/C18H20N2O/c19-16-10-8-14(9-11-16)12-18(21)20(13-15-6-7-15)17-4-2-1-3-5-17/h1-5,8-11,15H,6-7,12-13,19H2. The largest absolute Gasteiger partial charge is 0.399 e. The molecule has 1 fully saturated rings. The molecule has 0 bridgehead atoms. The number of anilines is 2. The lowest BCUT2D eigenvalue weighted by Gasteiger charge is -2.23. The summed E-state index contributed by atoms with van der Waals surface area (Å²) in [6.45, 7) is 0.831. The second kappa shape index (κ2) is 6.00. The molecule has 1 saturated carbocycles. The lowest BCUT2D eigenvalue weighted by atomic mass is 10.1. The van der Waals surface area contributed by atoms with E-state index in [1.165, 1.54) is 12.8 Å². The van der Waals surface area contributed by atoms with Gasteiger partial charge < -0.3 is 10.6 Å². The second-order valence-electron chi connectivity index (χ2n) is 5.70. The number of nitrogens with two attached hydrogens (primary N) is 1. The lowest BCUT2D eigenvalue weighted by molar-refractivity contribution is -0.118. The molecule has 1 aliphatic rings. The Labute approximate surface area is 125 Å². The summed E-state index contributed by atoms with van der Waals surface area (Å²) in [5.74, 6) is 0.818. The molecule has 1 aliphatic carbocycles. The average Bonchev–Trinajstić information content (AvgIpc) is 3.32. The molecule has 0 aromatic heterocycles. The highest BCUT2D eigenvalue weighted by atomic mass is 16.2. The first-order chi connectivity index (χ1) is 10.2. The Morgan fingerprint density at radius 2 is 1.71 bits per heavy atom. The second-order valence-corrected chi connectivity index (χ2v) is 5.70. The fraction of sp³-hybridized carbons (Fsp3) is 0.278. The molecule has 2 aromatic carbocycles. The number of benzene rings is 2. The molecule has 0 radical (unpaired) electrons. The van der Waals surface area contributed by atoms with E-state index in [2.05, 4.69) is 0 Å². The van der Waals surface area contributed by atoms with Crippen molar-refractivity contribution in [3.05, 3.63) is 60.2 Å². The minimum atomic E-state index is 0.151. The zero-order valence-corrected chi connectivity index (χ0v) is 12.0. The fourth-order valence-electron chi connectivity index (χ4n) is 2.42. The predicted molar refractivity (Wildman–Crippen MR) is 86.1 cm³/mol. The molecule has 0 saturated heterocycles. The third-order valence-corrected chi connectivity index (χ3v) is 3.84. The van der Waals surface area contributed by atoms with Gasteiger partial charge in [-0.05, 0) is 48.6 Å². The van der Waals surface area contributed by atoms with Crippen LogP contribution in [0.2, 0.25) is 0 Å². The van der Waals surface area contributed by atoms with Crippen molar-refractivity contribution in [1.29, 1.82) is 0 Å². The summed E-state index contributed by atoms with van der Waals surface area (Å²) < 4.78 is 0. The number of amides is 1. The molecule has 0 unspecified atom stereocenters. The van der Waals surface area contributed by atoms with E-state index >= 15 is 0 Å². The Morgan fingerprint density at radius 3 is 2.33 bits per heavy atom.